The van der Waals surface area contributed by atoms with Crippen LogP contribution in [0.3, 0.4) is 0 Å². The molecule has 3 rings (SSSR count). The van der Waals surface area contributed by atoms with Crippen molar-refractivity contribution in [2.75, 3.05) is 6.61 Å². The van der Waals surface area contributed by atoms with Crippen LogP contribution >= 0.6 is 0 Å². The Balaban J connectivity index is 1.95. The van der Waals surface area contributed by atoms with Gasteiger partial charge in [0.2, 0.25) is 5.91 Å². The number of hydrogen-bond donors (Lipinski definition) is 0. The quantitative estimate of drug-likeness (QED) is 0.743. The van der Waals surface area contributed by atoms with E-state index in [9.17, 15) is 4.79 Å². The van der Waals surface area contributed by atoms with Crippen LogP contribution in [0, 0.1) is 0 Å². The fourth-order valence-electron chi connectivity index (χ4n) is 2.97. The molecule has 1 aromatic carbocycles. The standard InChI is InChI=1S/C14H17NO2/c1-14-9-5-8-13(16)15(14)12(10-17-14)11-6-3-2-4-7-11/h2-4,6-7,12H,5,8-10H2,1H3. The lowest BCUT2D eigenvalue weighted by molar-refractivity contribution is -0.156. The molecule has 17 heavy (non-hydrogen) atoms. The molecule has 0 saturated carbocycles. The van der Waals surface area contributed by atoms with Gasteiger partial charge in [-0.2, -0.15) is 0 Å². The normalized spacial score (nSPS) is 32.6. The average molecular weight is 231 g/mol. The predicted molar refractivity (Wildman–Crippen MR) is 64.2 cm³/mol. The van der Waals surface area contributed by atoms with Gasteiger partial charge < -0.3 is 9.64 Å². The second-order valence-electron chi connectivity index (χ2n) is 5.03. The minimum Gasteiger partial charge on any atom is -0.353 e. The summed E-state index contributed by atoms with van der Waals surface area (Å²) in [5.41, 5.74) is 0.794. The summed E-state index contributed by atoms with van der Waals surface area (Å²) in [5, 5.41) is 0. The zero-order chi connectivity index (χ0) is 11.9. The van der Waals surface area contributed by atoms with Crippen molar-refractivity contribution >= 4 is 5.91 Å². The molecule has 3 heteroatoms. The molecule has 0 radical (unpaired) electrons. The predicted octanol–water partition coefficient (Wildman–Crippen LogP) is 2.49. The highest BCUT2D eigenvalue weighted by Crippen LogP contribution is 2.42. The molecule has 2 saturated heterocycles. The van der Waals surface area contributed by atoms with E-state index in [1.54, 1.807) is 0 Å². The van der Waals surface area contributed by atoms with E-state index in [0.717, 1.165) is 12.8 Å². The van der Waals surface area contributed by atoms with Gasteiger partial charge in [0.25, 0.3) is 0 Å². The second kappa shape index (κ2) is 3.84. The van der Waals surface area contributed by atoms with Crippen molar-refractivity contribution in [3.63, 3.8) is 0 Å². The number of nitrogens with zero attached hydrogens (tertiary/aromatic N) is 1. The third kappa shape index (κ3) is 1.65. The summed E-state index contributed by atoms with van der Waals surface area (Å²) < 4.78 is 5.89. The third-order valence-corrected chi connectivity index (χ3v) is 3.86. The van der Waals surface area contributed by atoms with Crippen LogP contribution in [-0.2, 0) is 9.53 Å². The van der Waals surface area contributed by atoms with E-state index in [-0.39, 0.29) is 17.7 Å². The van der Waals surface area contributed by atoms with Crippen LogP contribution < -0.4 is 0 Å². The topological polar surface area (TPSA) is 29.5 Å². The van der Waals surface area contributed by atoms with Gasteiger partial charge in [-0.15, -0.1) is 0 Å². The molecule has 0 aliphatic carbocycles. The van der Waals surface area contributed by atoms with Crippen LogP contribution in [0.4, 0.5) is 0 Å². The zero-order valence-electron chi connectivity index (χ0n) is 10.1. The van der Waals surface area contributed by atoms with Crippen LogP contribution in [0.25, 0.3) is 0 Å². The van der Waals surface area contributed by atoms with E-state index in [4.69, 9.17) is 4.74 Å². The van der Waals surface area contributed by atoms with Gasteiger partial charge in [-0.3, -0.25) is 4.79 Å². The summed E-state index contributed by atoms with van der Waals surface area (Å²) in [6.07, 6.45) is 2.54. The molecule has 2 aliphatic rings. The molecule has 3 nitrogen and oxygen atoms in total. The number of piperidine rings is 1. The molecule has 0 bridgehead atoms. The van der Waals surface area contributed by atoms with Gasteiger partial charge in [0.05, 0.1) is 12.6 Å². The lowest BCUT2D eigenvalue weighted by Gasteiger charge is -2.40. The van der Waals surface area contributed by atoms with E-state index >= 15 is 0 Å². The third-order valence-electron chi connectivity index (χ3n) is 3.86. The highest BCUT2D eigenvalue weighted by Gasteiger charge is 2.48. The van der Waals surface area contributed by atoms with E-state index in [1.807, 2.05) is 30.0 Å². The van der Waals surface area contributed by atoms with E-state index in [2.05, 4.69) is 12.1 Å². The van der Waals surface area contributed by atoms with Crippen molar-refractivity contribution in [3.8, 4) is 0 Å². The molecular formula is C14H17NO2. The molecule has 2 aliphatic heterocycles. The van der Waals surface area contributed by atoms with Crippen molar-refractivity contribution in [1.29, 1.82) is 0 Å². The highest BCUT2D eigenvalue weighted by molar-refractivity contribution is 5.78. The maximum atomic E-state index is 12.1. The van der Waals surface area contributed by atoms with Gasteiger partial charge in [-0.05, 0) is 25.3 Å². The SMILES string of the molecule is CC12CCCC(=O)N1C(c1ccccc1)CO2. The van der Waals surface area contributed by atoms with Gasteiger partial charge in [0.1, 0.15) is 5.72 Å². The first-order valence-corrected chi connectivity index (χ1v) is 6.22. The molecule has 2 heterocycles. The van der Waals surface area contributed by atoms with Crippen LogP contribution in [0.1, 0.15) is 37.8 Å². The minimum absolute atomic E-state index is 0.0917. The first kappa shape index (κ1) is 10.8. The number of fused-ring (bicyclic) bond motifs is 1. The molecular weight excluding hydrogens is 214 g/mol. The lowest BCUT2D eigenvalue weighted by atomic mass is 9.96. The molecule has 0 N–H and O–H groups in total. The zero-order valence-corrected chi connectivity index (χ0v) is 10.1. The molecule has 2 fully saturated rings. The Morgan fingerprint density at radius 2 is 2.12 bits per heavy atom. The Kier molecular flexibility index (Phi) is 2.44. The number of hydrogen-bond acceptors (Lipinski definition) is 2. The first-order chi connectivity index (χ1) is 8.21. The number of ether oxygens (including phenoxy) is 1. The Morgan fingerprint density at radius 1 is 1.35 bits per heavy atom. The maximum Gasteiger partial charge on any atom is 0.225 e. The fraction of sp³-hybridized carbons (Fsp3) is 0.500. The summed E-state index contributed by atoms with van der Waals surface area (Å²) in [5.74, 6) is 0.227. The van der Waals surface area contributed by atoms with Gasteiger partial charge in [0.15, 0.2) is 0 Å². The fourth-order valence-corrected chi connectivity index (χ4v) is 2.97. The summed E-state index contributed by atoms with van der Waals surface area (Å²) in [7, 11) is 0. The maximum absolute atomic E-state index is 12.1. The van der Waals surface area contributed by atoms with Crippen molar-refractivity contribution in [3.05, 3.63) is 35.9 Å². The van der Waals surface area contributed by atoms with Crippen LogP contribution in [0.2, 0.25) is 0 Å². The minimum atomic E-state index is -0.379. The van der Waals surface area contributed by atoms with E-state index in [0.29, 0.717) is 13.0 Å². The number of amides is 1. The Morgan fingerprint density at radius 3 is 2.88 bits per heavy atom. The Bertz CT molecular complexity index is 431. The summed E-state index contributed by atoms with van der Waals surface area (Å²) >= 11 is 0. The van der Waals surface area contributed by atoms with Gasteiger partial charge >= 0.3 is 0 Å². The number of rotatable bonds is 1. The van der Waals surface area contributed by atoms with Crippen molar-refractivity contribution in [1.82, 2.24) is 4.90 Å². The molecule has 0 spiro atoms. The smallest absolute Gasteiger partial charge is 0.225 e. The van der Waals surface area contributed by atoms with Gasteiger partial charge in [-0.1, -0.05) is 30.3 Å². The second-order valence-corrected chi connectivity index (χ2v) is 5.03. The molecule has 1 amide bonds. The molecule has 0 aromatic heterocycles. The van der Waals surface area contributed by atoms with Crippen molar-refractivity contribution in [2.45, 2.75) is 38.0 Å². The van der Waals surface area contributed by atoms with Crippen molar-refractivity contribution in [2.24, 2.45) is 0 Å². The summed E-state index contributed by atoms with van der Waals surface area (Å²) in [6, 6.07) is 10.3. The molecule has 2 unspecified atom stereocenters. The lowest BCUT2D eigenvalue weighted by Crippen LogP contribution is -2.49. The summed E-state index contributed by atoms with van der Waals surface area (Å²) in [6.45, 7) is 2.65. The molecule has 2 atom stereocenters. The van der Waals surface area contributed by atoms with E-state index in [1.165, 1.54) is 5.56 Å². The largest absolute Gasteiger partial charge is 0.353 e. The van der Waals surface area contributed by atoms with Crippen LogP contribution in [-0.4, -0.2) is 23.1 Å². The number of carbonyl (C=O) groups excluding carboxylic acids is 1. The van der Waals surface area contributed by atoms with Gasteiger partial charge in [0, 0.05) is 6.42 Å². The average Bonchev–Trinajstić information content (AvgIpc) is 2.69. The number of carbonyl (C=O) groups is 1. The first-order valence-electron chi connectivity index (χ1n) is 6.22. The van der Waals surface area contributed by atoms with E-state index < -0.39 is 0 Å². The Hall–Kier alpha value is -1.35. The number of benzene rings is 1. The van der Waals surface area contributed by atoms with Gasteiger partial charge in [-0.25, -0.2) is 0 Å². The van der Waals surface area contributed by atoms with Crippen LogP contribution in [0.15, 0.2) is 30.3 Å². The molecule has 90 valence electrons. The highest BCUT2D eigenvalue weighted by atomic mass is 16.5. The van der Waals surface area contributed by atoms with Crippen LogP contribution in [0.5, 0.6) is 0 Å². The monoisotopic (exact) mass is 231 g/mol. The Labute approximate surface area is 101 Å². The van der Waals surface area contributed by atoms with Crippen molar-refractivity contribution < 1.29 is 9.53 Å². The summed E-state index contributed by atoms with van der Waals surface area (Å²) in [4.78, 5) is 14.1. The molecule has 1 aromatic rings.